The highest BCUT2D eigenvalue weighted by atomic mass is 16.6. The second kappa shape index (κ2) is 10.9. The number of nitrogens with zero attached hydrogens (tertiary/aromatic N) is 1. The third-order valence-electron chi connectivity index (χ3n) is 6.85. The molecule has 12 nitrogen and oxygen atoms in total. The van der Waals surface area contributed by atoms with Gasteiger partial charge in [-0.15, -0.1) is 0 Å². The molecule has 3 atom stereocenters. The summed E-state index contributed by atoms with van der Waals surface area (Å²) < 4.78 is 10.8. The number of aromatic amines is 1. The van der Waals surface area contributed by atoms with E-state index in [0.29, 0.717) is 29.9 Å². The normalized spacial score (nSPS) is 19.5. The second-order valence-electron chi connectivity index (χ2n) is 9.33. The molecule has 202 valence electrons. The van der Waals surface area contributed by atoms with Crippen LogP contribution in [0.5, 0.6) is 5.75 Å². The topological polar surface area (TPSA) is 166 Å². The Bertz CT molecular complexity index is 1440. The number of carbonyl (C=O) groups is 4. The fourth-order valence-corrected chi connectivity index (χ4v) is 4.91. The van der Waals surface area contributed by atoms with E-state index in [1.807, 2.05) is 6.07 Å². The molecule has 5 rings (SSSR count). The van der Waals surface area contributed by atoms with Gasteiger partial charge in [-0.25, -0.2) is 9.69 Å². The molecule has 0 aliphatic carbocycles. The van der Waals surface area contributed by atoms with Crippen LogP contribution in [0.2, 0.25) is 0 Å². The van der Waals surface area contributed by atoms with Gasteiger partial charge in [0.15, 0.2) is 11.9 Å². The van der Waals surface area contributed by atoms with Crippen LogP contribution in [0.25, 0.3) is 10.9 Å². The van der Waals surface area contributed by atoms with Crippen molar-refractivity contribution in [2.75, 3.05) is 25.1 Å². The van der Waals surface area contributed by atoms with Gasteiger partial charge in [-0.2, -0.15) is 0 Å². The van der Waals surface area contributed by atoms with Crippen LogP contribution < -0.4 is 25.6 Å². The molecule has 1 unspecified atom stereocenters. The SMILES string of the molecule is COc1cccc2[nH]c(C(=O)NCC(=O)N[C@@H](C[C@@H]3CCNC3=O)C3OC(=O)N(c4ccccc4)C3=N)cc12. The number of methoxy groups -OCH3 is 1. The number of benzene rings is 2. The summed E-state index contributed by atoms with van der Waals surface area (Å²) in [4.78, 5) is 54.8. The van der Waals surface area contributed by atoms with Crippen molar-refractivity contribution in [3.8, 4) is 5.75 Å². The van der Waals surface area contributed by atoms with Crippen LogP contribution in [-0.2, 0) is 14.3 Å². The average molecular weight is 533 g/mol. The van der Waals surface area contributed by atoms with E-state index in [1.54, 1.807) is 48.5 Å². The molecule has 39 heavy (non-hydrogen) atoms. The second-order valence-corrected chi connectivity index (χ2v) is 9.33. The van der Waals surface area contributed by atoms with Crippen molar-refractivity contribution >= 4 is 46.2 Å². The van der Waals surface area contributed by atoms with E-state index in [-0.39, 0.29) is 30.4 Å². The molecule has 2 fully saturated rings. The molecule has 2 saturated heterocycles. The first kappa shape index (κ1) is 25.8. The molecule has 3 heterocycles. The maximum Gasteiger partial charge on any atom is 0.420 e. The maximum absolute atomic E-state index is 12.9. The Morgan fingerprint density at radius 2 is 1.97 bits per heavy atom. The summed E-state index contributed by atoms with van der Waals surface area (Å²) in [5, 5.41) is 17.5. The Morgan fingerprint density at radius 1 is 1.18 bits per heavy atom. The van der Waals surface area contributed by atoms with E-state index in [0.717, 1.165) is 10.3 Å². The Kier molecular flexibility index (Phi) is 7.17. The molecule has 0 bridgehead atoms. The minimum absolute atomic E-state index is 0.147. The van der Waals surface area contributed by atoms with Crippen LogP contribution in [0, 0.1) is 11.3 Å². The summed E-state index contributed by atoms with van der Waals surface area (Å²) in [5.74, 6) is -1.16. The van der Waals surface area contributed by atoms with Crippen LogP contribution in [0.4, 0.5) is 10.5 Å². The van der Waals surface area contributed by atoms with Gasteiger partial charge in [-0.3, -0.25) is 19.8 Å². The molecule has 0 radical (unpaired) electrons. The average Bonchev–Trinajstić information content (AvgIpc) is 3.64. The number of amidine groups is 1. The number of aromatic nitrogens is 1. The van der Waals surface area contributed by atoms with Gasteiger partial charge < -0.3 is 30.4 Å². The molecule has 2 aromatic carbocycles. The van der Waals surface area contributed by atoms with Gasteiger partial charge in [0.2, 0.25) is 11.8 Å². The number of carbonyl (C=O) groups excluding carboxylic acids is 4. The number of amides is 4. The van der Waals surface area contributed by atoms with Crippen molar-refractivity contribution < 1.29 is 28.7 Å². The maximum atomic E-state index is 12.9. The van der Waals surface area contributed by atoms with Gasteiger partial charge in [0.25, 0.3) is 5.91 Å². The number of hydrogen-bond donors (Lipinski definition) is 5. The highest BCUT2D eigenvalue weighted by Gasteiger charge is 2.45. The number of anilines is 1. The van der Waals surface area contributed by atoms with Gasteiger partial charge >= 0.3 is 6.09 Å². The minimum atomic E-state index is -1.10. The lowest BCUT2D eigenvalue weighted by Gasteiger charge is -2.25. The van der Waals surface area contributed by atoms with Crippen LogP contribution >= 0.6 is 0 Å². The molecular weight excluding hydrogens is 504 g/mol. The van der Waals surface area contributed by atoms with Crippen molar-refractivity contribution in [1.82, 2.24) is 20.9 Å². The summed E-state index contributed by atoms with van der Waals surface area (Å²) in [6.45, 7) is 0.142. The molecule has 5 N–H and O–H groups in total. The van der Waals surface area contributed by atoms with Crippen LogP contribution in [0.3, 0.4) is 0 Å². The van der Waals surface area contributed by atoms with E-state index in [2.05, 4.69) is 20.9 Å². The van der Waals surface area contributed by atoms with Crippen LogP contribution in [0.1, 0.15) is 23.3 Å². The van der Waals surface area contributed by atoms with Gasteiger partial charge in [-0.1, -0.05) is 24.3 Å². The minimum Gasteiger partial charge on any atom is -0.496 e. The molecule has 2 aliphatic heterocycles. The summed E-state index contributed by atoms with van der Waals surface area (Å²) in [5.41, 5.74) is 1.43. The molecular formula is C27H28N6O6. The third kappa shape index (κ3) is 5.26. The molecule has 12 heteroatoms. The number of hydrogen-bond acceptors (Lipinski definition) is 7. The monoisotopic (exact) mass is 532 g/mol. The Morgan fingerprint density at radius 3 is 2.69 bits per heavy atom. The van der Waals surface area contributed by atoms with Crippen molar-refractivity contribution in [3.05, 3.63) is 60.3 Å². The first-order valence-electron chi connectivity index (χ1n) is 12.5. The quantitative estimate of drug-likeness (QED) is 0.282. The molecule has 2 aliphatic rings. The fraction of sp³-hybridized carbons (Fsp3) is 0.296. The first-order valence-corrected chi connectivity index (χ1v) is 12.5. The number of nitrogens with one attached hydrogen (secondary N) is 5. The summed E-state index contributed by atoms with van der Waals surface area (Å²) in [7, 11) is 1.54. The van der Waals surface area contributed by atoms with Crippen molar-refractivity contribution in [2.45, 2.75) is 25.0 Å². The number of H-pyrrole nitrogens is 1. The van der Waals surface area contributed by atoms with E-state index >= 15 is 0 Å². The predicted molar refractivity (Wildman–Crippen MR) is 142 cm³/mol. The lowest BCUT2D eigenvalue weighted by atomic mass is 9.94. The van der Waals surface area contributed by atoms with E-state index in [4.69, 9.17) is 14.9 Å². The van der Waals surface area contributed by atoms with Gasteiger partial charge in [-0.05, 0) is 43.2 Å². The first-order chi connectivity index (χ1) is 18.9. The van der Waals surface area contributed by atoms with E-state index in [1.165, 1.54) is 7.11 Å². The summed E-state index contributed by atoms with van der Waals surface area (Å²) in [6, 6.07) is 14.8. The van der Waals surface area contributed by atoms with E-state index < -0.39 is 36.0 Å². The van der Waals surface area contributed by atoms with Crippen LogP contribution in [0.15, 0.2) is 54.6 Å². The van der Waals surface area contributed by atoms with Crippen molar-refractivity contribution in [1.29, 1.82) is 5.41 Å². The standard InChI is InChI=1S/C27H28N6O6/c1-38-21-9-5-8-18-17(21)13-20(31-18)26(36)30-14-22(34)32-19(12-15-10-11-29-25(15)35)23-24(28)33(27(37)39-23)16-6-3-2-4-7-16/h2-9,13,15,19,23,28,31H,10-12,14H2,1H3,(H,29,35)(H,30,36)(H,32,34)/t15-,19-,23?/m0/s1. The Labute approximate surface area is 223 Å². The van der Waals surface area contributed by atoms with Gasteiger partial charge in [0, 0.05) is 23.4 Å². The van der Waals surface area contributed by atoms with E-state index in [9.17, 15) is 19.2 Å². The van der Waals surface area contributed by atoms with Crippen molar-refractivity contribution in [3.63, 3.8) is 0 Å². The number of para-hydroxylation sites is 1. The summed E-state index contributed by atoms with van der Waals surface area (Å²) in [6.07, 6.45) is -1.13. The molecule has 0 spiro atoms. The largest absolute Gasteiger partial charge is 0.496 e. The molecule has 0 saturated carbocycles. The zero-order chi connectivity index (χ0) is 27.5. The summed E-state index contributed by atoms with van der Waals surface area (Å²) >= 11 is 0. The van der Waals surface area contributed by atoms with Gasteiger partial charge in [0.1, 0.15) is 11.4 Å². The Hall–Kier alpha value is -4.87. The fourth-order valence-electron chi connectivity index (χ4n) is 4.91. The van der Waals surface area contributed by atoms with Crippen LogP contribution in [-0.4, -0.2) is 67.0 Å². The van der Waals surface area contributed by atoms with Crippen molar-refractivity contribution in [2.24, 2.45) is 5.92 Å². The highest BCUT2D eigenvalue weighted by Crippen LogP contribution is 2.28. The third-order valence-corrected chi connectivity index (χ3v) is 6.85. The predicted octanol–water partition coefficient (Wildman–Crippen LogP) is 1.92. The highest BCUT2D eigenvalue weighted by molar-refractivity contribution is 6.19. The molecule has 3 aromatic rings. The lowest BCUT2D eigenvalue weighted by molar-refractivity contribution is -0.124. The Balaban J connectivity index is 1.28. The number of ether oxygens (including phenoxy) is 2. The zero-order valence-corrected chi connectivity index (χ0v) is 21.2. The number of cyclic esters (lactones) is 1. The molecule has 1 aromatic heterocycles. The molecule has 4 amide bonds. The zero-order valence-electron chi connectivity index (χ0n) is 21.2. The smallest absolute Gasteiger partial charge is 0.420 e. The lowest BCUT2D eigenvalue weighted by Crippen LogP contribution is -2.51. The van der Waals surface area contributed by atoms with Gasteiger partial charge in [0.05, 0.1) is 25.4 Å². The number of fused-ring (bicyclic) bond motifs is 1. The number of rotatable bonds is 9.